The van der Waals surface area contributed by atoms with Crippen molar-refractivity contribution >= 4 is 17.3 Å². The van der Waals surface area contributed by atoms with E-state index in [0.29, 0.717) is 6.42 Å². The lowest BCUT2D eigenvalue weighted by Crippen LogP contribution is -2.39. The Balaban J connectivity index is 2.22. The largest absolute Gasteiger partial charge is 0.396 e. The van der Waals surface area contributed by atoms with Crippen LogP contribution in [0.15, 0.2) is 24.3 Å². The lowest BCUT2D eigenvalue weighted by Gasteiger charge is -2.26. The minimum absolute atomic E-state index is 0.00720. The van der Waals surface area contributed by atoms with Gasteiger partial charge in [-0.3, -0.25) is 4.79 Å². The number of aliphatic hydroxyl groups is 1. The van der Waals surface area contributed by atoms with E-state index in [2.05, 4.69) is 10.6 Å². The molecule has 4 nitrogen and oxygen atoms in total. The monoisotopic (exact) mass is 192 g/mol. The number of para-hydroxylation sites is 2. The molecular weight excluding hydrogens is 180 g/mol. The van der Waals surface area contributed by atoms with Gasteiger partial charge in [0.1, 0.15) is 6.04 Å². The van der Waals surface area contributed by atoms with E-state index in [-0.39, 0.29) is 18.6 Å². The van der Waals surface area contributed by atoms with Gasteiger partial charge in [0.2, 0.25) is 5.91 Å². The van der Waals surface area contributed by atoms with Gasteiger partial charge in [-0.15, -0.1) is 0 Å². The Hall–Kier alpha value is -1.55. The zero-order chi connectivity index (χ0) is 9.97. The number of carbonyl (C=O) groups excluding carboxylic acids is 1. The van der Waals surface area contributed by atoms with E-state index in [0.717, 1.165) is 11.4 Å². The maximum Gasteiger partial charge on any atom is 0.247 e. The van der Waals surface area contributed by atoms with E-state index in [4.69, 9.17) is 5.11 Å². The molecular formula is C10H12N2O2. The Bertz CT molecular complexity index is 352. The van der Waals surface area contributed by atoms with Crippen LogP contribution in [0.2, 0.25) is 0 Å². The smallest absolute Gasteiger partial charge is 0.247 e. The molecule has 1 unspecified atom stereocenters. The fraction of sp³-hybridized carbons (Fsp3) is 0.300. The minimum Gasteiger partial charge on any atom is -0.396 e. The average Bonchev–Trinajstić information content (AvgIpc) is 2.19. The molecule has 4 heteroatoms. The van der Waals surface area contributed by atoms with Crippen molar-refractivity contribution in [2.75, 3.05) is 17.2 Å². The SMILES string of the molecule is O=C1Nc2ccccc2NC1CCO. The highest BCUT2D eigenvalue weighted by Gasteiger charge is 2.23. The lowest BCUT2D eigenvalue weighted by molar-refractivity contribution is -0.117. The summed E-state index contributed by atoms with van der Waals surface area (Å²) in [5.41, 5.74) is 1.71. The molecule has 0 spiro atoms. The summed E-state index contributed by atoms with van der Waals surface area (Å²) in [6, 6.07) is 7.19. The predicted octanol–water partition coefficient (Wildman–Crippen LogP) is 0.802. The molecule has 0 aromatic heterocycles. The maximum atomic E-state index is 11.5. The van der Waals surface area contributed by atoms with Crippen LogP contribution in [0.4, 0.5) is 11.4 Å². The average molecular weight is 192 g/mol. The van der Waals surface area contributed by atoms with Gasteiger partial charge in [-0.25, -0.2) is 0 Å². The molecule has 0 radical (unpaired) electrons. The van der Waals surface area contributed by atoms with Crippen LogP contribution < -0.4 is 10.6 Å². The summed E-state index contributed by atoms with van der Waals surface area (Å²) in [5.74, 6) is -0.0854. The third-order valence-corrected chi connectivity index (χ3v) is 2.25. The molecule has 1 aromatic carbocycles. The first kappa shape index (κ1) is 9.02. The Morgan fingerprint density at radius 1 is 1.29 bits per heavy atom. The van der Waals surface area contributed by atoms with E-state index < -0.39 is 0 Å². The van der Waals surface area contributed by atoms with Crippen LogP contribution >= 0.6 is 0 Å². The van der Waals surface area contributed by atoms with Crippen LogP contribution in [-0.2, 0) is 4.79 Å². The normalized spacial score (nSPS) is 19.5. The molecule has 0 aliphatic carbocycles. The van der Waals surface area contributed by atoms with Crippen LogP contribution in [0.3, 0.4) is 0 Å². The number of anilines is 2. The summed E-state index contributed by atoms with van der Waals surface area (Å²) in [6.07, 6.45) is 0.431. The zero-order valence-corrected chi connectivity index (χ0v) is 7.66. The Morgan fingerprint density at radius 3 is 2.71 bits per heavy atom. The van der Waals surface area contributed by atoms with Crippen LogP contribution in [0, 0.1) is 0 Å². The lowest BCUT2D eigenvalue weighted by atomic mass is 10.1. The molecule has 0 saturated carbocycles. The van der Waals surface area contributed by atoms with Gasteiger partial charge >= 0.3 is 0 Å². The van der Waals surface area contributed by atoms with Crippen molar-refractivity contribution in [1.82, 2.24) is 0 Å². The molecule has 1 amide bonds. The molecule has 2 rings (SSSR count). The van der Waals surface area contributed by atoms with Crippen LogP contribution in [-0.4, -0.2) is 23.7 Å². The van der Waals surface area contributed by atoms with E-state index in [1.54, 1.807) is 0 Å². The summed E-state index contributed by atoms with van der Waals surface area (Å²) in [5, 5.41) is 14.6. The first-order chi connectivity index (χ1) is 6.81. The number of fused-ring (bicyclic) bond motifs is 1. The van der Waals surface area contributed by atoms with Gasteiger partial charge in [-0.1, -0.05) is 12.1 Å². The van der Waals surface area contributed by atoms with Crippen molar-refractivity contribution in [3.8, 4) is 0 Å². The van der Waals surface area contributed by atoms with Gasteiger partial charge < -0.3 is 15.7 Å². The van der Waals surface area contributed by atoms with E-state index >= 15 is 0 Å². The van der Waals surface area contributed by atoms with Crippen molar-refractivity contribution in [3.05, 3.63) is 24.3 Å². The third-order valence-electron chi connectivity index (χ3n) is 2.25. The van der Waals surface area contributed by atoms with Gasteiger partial charge in [-0.05, 0) is 18.6 Å². The molecule has 1 aromatic rings. The number of nitrogens with one attached hydrogen (secondary N) is 2. The molecule has 1 heterocycles. The van der Waals surface area contributed by atoms with Crippen LogP contribution in [0.5, 0.6) is 0 Å². The number of amides is 1. The van der Waals surface area contributed by atoms with Gasteiger partial charge in [0.05, 0.1) is 11.4 Å². The van der Waals surface area contributed by atoms with Gasteiger partial charge in [0, 0.05) is 6.61 Å². The molecule has 3 N–H and O–H groups in total. The number of carbonyl (C=O) groups is 1. The van der Waals surface area contributed by atoms with Crippen molar-refractivity contribution in [2.24, 2.45) is 0 Å². The number of hydrogen-bond donors (Lipinski definition) is 3. The summed E-state index contributed by atoms with van der Waals surface area (Å²) < 4.78 is 0. The number of rotatable bonds is 2. The van der Waals surface area contributed by atoms with Gasteiger partial charge in [0.25, 0.3) is 0 Å². The van der Waals surface area contributed by atoms with Crippen molar-refractivity contribution in [1.29, 1.82) is 0 Å². The Kier molecular flexibility index (Phi) is 2.37. The molecule has 1 aliphatic heterocycles. The second-order valence-corrected chi connectivity index (χ2v) is 3.24. The van der Waals surface area contributed by atoms with Crippen LogP contribution in [0.1, 0.15) is 6.42 Å². The minimum atomic E-state index is -0.324. The number of benzene rings is 1. The van der Waals surface area contributed by atoms with Gasteiger partial charge in [0.15, 0.2) is 0 Å². The molecule has 0 fully saturated rings. The second-order valence-electron chi connectivity index (χ2n) is 3.24. The quantitative estimate of drug-likeness (QED) is 0.649. The highest BCUT2D eigenvalue weighted by Crippen LogP contribution is 2.26. The molecule has 0 saturated heterocycles. The second kappa shape index (κ2) is 3.67. The Labute approximate surface area is 81.9 Å². The molecule has 1 atom stereocenters. The highest BCUT2D eigenvalue weighted by molar-refractivity contribution is 6.02. The molecule has 14 heavy (non-hydrogen) atoms. The molecule has 0 bridgehead atoms. The van der Waals surface area contributed by atoms with E-state index in [1.807, 2.05) is 24.3 Å². The zero-order valence-electron chi connectivity index (χ0n) is 7.66. The van der Waals surface area contributed by atoms with Crippen LogP contribution in [0.25, 0.3) is 0 Å². The number of aliphatic hydroxyl groups excluding tert-OH is 1. The summed E-state index contributed by atoms with van der Waals surface area (Å²) >= 11 is 0. The summed E-state index contributed by atoms with van der Waals surface area (Å²) in [6.45, 7) is 0.00720. The molecule has 1 aliphatic rings. The van der Waals surface area contributed by atoms with Crippen molar-refractivity contribution in [2.45, 2.75) is 12.5 Å². The van der Waals surface area contributed by atoms with E-state index in [9.17, 15) is 4.79 Å². The van der Waals surface area contributed by atoms with E-state index in [1.165, 1.54) is 0 Å². The third kappa shape index (κ3) is 1.56. The van der Waals surface area contributed by atoms with Crippen molar-refractivity contribution in [3.63, 3.8) is 0 Å². The fourth-order valence-corrected chi connectivity index (χ4v) is 1.52. The first-order valence-electron chi connectivity index (χ1n) is 4.58. The highest BCUT2D eigenvalue weighted by atomic mass is 16.3. The maximum absolute atomic E-state index is 11.5. The van der Waals surface area contributed by atoms with Crippen molar-refractivity contribution < 1.29 is 9.90 Å². The first-order valence-corrected chi connectivity index (χ1v) is 4.58. The standard InChI is InChI=1S/C10H12N2O2/c13-6-5-9-10(14)12-8-4-2-1-3-7(8)11-9/h1-4,9,11,13H,5-6H2,(H,12,14). The summed E-state index contributed by atoms with van der Waals surface area (Å²) in [7, 11) is 0. The number of hydrogen-bond acceptors (Lipinski definition) is 3. The fourth-order valence-electron chi connectivity index (χ4n) is 1.52. The Morgan fingerprint density at radius 2 is 2.00 bits per heavy atom. The topological polar surface area (TPSA) is 61.4 Å². The molecule has 74 valence electrons. The predicted molar refractivity (Wildman–Crippen MR) is 54.2 cm³/mol. The summed E-state index contributed by atoms with van der Waals surface area (Å²) in [4.78, 5) is 11.5. The van der Waals surface area contributed by atoms with Gasteiger partial charge in [-0.2, -0.15) is 0 Å².